The van der Waals surface area contributed by atoms with E-state index < -0.39 is 0 Å². The summed E-state index contributed by atoms with van der Waals surface area (Å²) in [4.78, 5) is 16.1. The van der Waals surface area contributed by atoms with E-state index in [9.17, 15) is 4.79 Å². The second kappa shape index (κ2) is 7.02. The van der Waals surface area contributed by atoms with Crippen molar-refractivity contribution in [1.29, 1.82) is 0 Å². The van der Waals surface area contributed by atoms with Crippen LogP contribution in [0.15, 0.2) is 77.7 Å². The molecule has 3 aromatic carbocycles. The highest BCUT2D eigenvalue weighted by Crippen LogP contribution is 2.41. The van der Waals surface area contributed by atoms with Crippen molar-refractivity contribution < 1.29 is 4.79 Å². The molecule has 0 aliphatic carbocycles. The molecule has 0 radical (unpaired) electrons. The minimum atomic E-state index is 0.00214. The van der Waals surface area contributed by atoms with Crippen LogP contribution in [0.3, 0.4) is 0 Å². The van der Waals surface area contributed by atoms with Gasteiger partial charge < -0.3 is 0 Å². The van der Waals surface area contributed by atoms with Crippen LogP contribution in [-0.2, 0) is 0 Å². The van der Waals surface area contributed by atoms with Gasteiger partial charge in [0, 0.05) is 21.0 Å². The van der Waals surface area contributed by atoms with Crippen molar-refractivity contribution in [3.8, 4) is 0 Å². The molecular weight excluding hydrogens is 362 g/mol. The minimum absolute atomic E-state index is 0.00214. The number of thioether (sulfide) groups is 1. The first-order valence-electron chi connectivity index (χ1n) is 8.23. The smallest absolute Gasteiger partial charge is 0.263 e. The third kappa shape index (κ3) is 2.94. The van der Waals surface area contributed by atoms with Gasteiger partial charge in [0.25, 0.3) is 5.91 Å². The first kappa shape index (κ1) is 17.0. The van der Waals surface area contributed by atoms with E-state index >= 15 is 0 Å². The summed E-state index contributed by atoms with van der Waals surface area (Å²) in [6.07, 6.45) is 4.06. The van der Waals surface area contributed by atoms with Crippen molar-refractivity contribution in [2.75, 3.05) is 11.2 Å². The van der Waals surface area contributed by atoms with Crippen molar-refractivity contribution in [1.82, 2.24) is 0 Å². The highest BCUT2D eigenvalue weighted by molar-refractivity contribution is 7.98. The fourth-order valence-electron chi connectivity index (χ4n) is 3.16. The lowest BCUT2D eigenvalue weighted by atomic mass is 10.1. The molecule has 0 atom stereocenters. The van der Waals surface area contributed by atoms with E-state index in [2.05, 4.69) is 0 Å². The van der Waals surface area contributed by atoms with Gasteiger partial charge in [-0.1, -0.05) is 54.1 Å². The summed E-state index contributed by atoms with van der Waals surface area (Å²) in [5, 5.41) is 0.694. The second-order valence-electron chi connectivity index (χ2n) is 5.94. The van der Waals surface area contributed by atoms with Gasteiger partial charge in [-0.15, -0.1) is 11.8 Å². The van der Waals surface area contributed by atoms with Gasteiger partial charge in [0.05, 0.1) is 11.4 Å². The number of amides is 1. The number of halogens is 1. The monoisotopic (exact) mass is 377 g/mol. The average molecular weight is 378 g/mol. The summed E-state index contributed by atoms with van der Waals surface area (Å²) in [5.41, 5.74) is 4.46. The molecule has 0 spiro atoms. The molecule has 0 aromatic heterocycles. The summed E-state index contributed by atoms with van der Waals surface area (Å²) in [6, 6.07) is 23.4. The van der Waals surface area contributed by atoms with Crippen LogP contribution >= 0.6 is 23.4 Å². The fourth-order valence-corrected chi connectivity index (χ4v) is 3.87. The van der Waals surface area contributed by atoms with E-state index in [0.717, 1.165) is 33.0 Å². The Morgan fingerprint density at radius 2 is 1.54 bits per heavy atom. The first-order valence-corrected chi connectivity index (χ1v) is 9.83. The largest absolute Gasteiger partial charge is 0.275 e. The van der Waals surface area contributed by atoms with Crippen LogP contribution < -0.4 is 4.90 Å². The van der Waals surface area contributed by atoms with Crippen LogP contribution in [0, 0.1) is 0 Å². The number of carbonyl (C=O) groups excluding carboxylic acids is 1. The zero-order valence-electron chi connectivity index (χ0n) is 14.1. The van der Waals surface area contributed by atoms with Crippen LogP contribution in [0.4, 0.5) is 5.69 Å². The number of rotatable bonds is 3. The van der Waals surface area contributed by atoms with Gasteiger partial charge in [-0.2, -0.15) is 0 Å². The molecule has 1 heterocycles. The number of hydrogen-bond donors (Lipinski definition) is 0. The number of anilines is 1. The van der Waals surface area contributed by atoms with E-state index in [-0.39, 0.29) is 5.91 Å². The number of carbonyl (C=O) groups is 1. The van der Waals surface area contributed by atoms with Gasteiger partial charge in [0.2, 0.25) is 0 Å². The Morgan fingerprint density at radius 3 is 2.27 bits per heavy atom. The maximum Gasteiger partial charge on any atom is 0.263 e. The number of hydrogen-bond acceptors (Lipinski definition) is 2. The molecule has 3 aromatic rings. The van der Waals surface area contributed by atoms with Gasteiger partial charge in [-0.05, 0) is 48.2 Å². The summed E-state index contributed by atoms with van der Waals surface area (Å²) < 4.78 is 0. The Labute approximate surface area is 162 Å². The third-order valence-electron chi connectivity index (χ3n) is 4.38. The lowest BCUT2D eigenvalue weighted by molar-refractivity contribution is 0.101. The Bertz CT molecular complexity index is 1010. The third-order valence-corrected chi connectivity index (χ3v) is 5.41. The number of benzene rings is 3. The molecule has 1 amide bonds. The summed E-state index contributed by atoms with van der Waals surface area (Å²) in [5.74, 6) is 0.00214. The van der Waals surface area contributed by atoms with E-state index in [1.54, 1.807) is 11.8 Å². The van der Waals surface area contributed by atoms with Crippen LogP contribution in [0.2, 0.25) is 5.02 Å². The van der Waals surface area contributed by atoms with Gasteiger partial charge in [0.15, 0.2) is 0 Å². The number of nitrogens with zero attached hydrogens (tertiary/aromatic N) is 1. The normalized spacial score (nSPS) is 14.8. The zero-order valence-corrected chi connectivity index (χ0v) is 15.7. The maximum atomic E-state index is 13.2. The van der Waals surface area contributed by atoms with Crippen molar-refractivity contribution in [3.63, 3.8) is 0 Å². The average Bonchev–Trinajstić information content (AvgIpc) is 2.96. The summed E-state index contributed by atoms with van der Waals surface area (Å²) in [7, 11) is 0. The van der Waals surface area contributed by atoms with Crippen LogP contribution in [-0.4, -0.2) is 12.2 Å². The Balaban J connectivity index is 1.92. The summed E-state index contributed by atoms with van der Waals surface area (Å²) >= 11 is 7.64. The molecule has 0 saturated carbocycles. The summed E-state index contributed by atoms with van der Waals surface area (Å²) in [6.45, 7) is 0. The van der Waals surface area contributed by atoms with Gasteiger partial charge in [-0.3, -0.25) is 9.69 Å². The van der Waals surface area contributed by atoms with E-state index in [1.807, 2.05) is 90.0 Å². The topological polar surface area (TPSA) is 20.3 Å². The molecule has 1 aliphatic heterocycles. The Kier molecular flexibility index (Phi) is 4.58. The molecule has 0 unspecified atom stereocenters. The maximum absolute atomic E-state index is 13.2. The van der Waals surface area contributed by atoms with Crippen LogP contribution in [0.1, 0.15) is 21.5 Å². The second-order valence-corrected chi connectivity index (χ2v) is 7.22. The highest BCUT2D eigenvalue weighted by Gasteiger charge is 2.34. The number of fused-ring (bicyclic) bond motifs is 1. The van der Waals surface area contributed by atoms with Crippen molar-refractivity contribution in [2.45, 2.75) is 4.90 Å². The zero-order chi connectivity index (χ0) is 18.1. The van der Waals surface area contributed by atoms with Crippen LogP contribution in [0.5, 0.6) is 0 Å². The van der Waals surface area contributed by atoms with Crippen molar-refractivity contribution in [3.05, 3.63) is 94.5 Å². The molecule has 0 saturated heterocycles. The van der Waals surface area contributed by atoms with Gasteiger partial charge in [-0.25, -0.2) is 0 Å². The molecule has 2 nitrogen and oxygen atoms in total. The fraction of sp³-hybridized carbons (Fsp3) is 0.0455. The Hall–Kier alpha value is -2.49. The molecule has 0 N–H and O–H groups in total. The molecule has 1 aliphatic rings. The predicted octanol–water partition coefficient (Wildman–Crippen LogP) is 6.22. The molecule has 0 bridgehead atoms. The SMILES string of the molecule is CSc1ccccc1N1C(=O)c2ccccc2C1=Cc1ccc(Cl)cc1. The first-order chi connectivity index (χ1) is 12.7. The Morgan fingerprint density at radius 1 is 0.885 bits per heavy atom. The molecule has 128 valence electrons. The van der Waals surface area contributed by atoms with Gasteiger partial charge >= 0.3 is 0 Å². The number of para-hydroxylation sites is 1. The van der Waals surface area contributed by atoms with Crippen LogP contribution in [0.25, 0.3) is 11.8 Å². The minimum Gasteiger partial charge on any atom is -0.275 e. The van der Waals surface area contributed by atoms with E-state index in [0.29, 0.717) is 5.02 Å². The van der Waals surface area contributed by atoms with Gasteiger partial charge in [0.1, 0.15) is 0 Å². The molecule has 0 fully saturated rings. The van der Waals surface area contributed by atoms with E-state index in [1.165, 1.54) is 0 Å². The standard InChI is InChI=1S/C22H16ClNOS/c1-26-21-9-5-4-8-19(21)24-20(14-15-10-12-16(23)13-11-15)17-6-2-3-7-18(17)22(24)25/h2-14H,1H3. The molecular formula is C22H16ClNOS. The lowest BCUT2D eigenvalue weighted by Crippen LogP contribution is -2.22. The van der Waals surface area contributed by atoms with Crippen molar-refractivity contribution >= 4 is 46.7 Å². The van der Waals surface area contributed by atoms with Crippen molar-refractivity contribution in [2.24, 2.45) is 0 Å². The quantitative estimate of drug-likeness (QED) is 0.505. The lowest BCUT2D eigenvalue weighted by Gasteiger charge is -2.21. The van der Waals surface area contributed by atoms with E-state index in [4.69, 9.17) is 11.6 Å². The highest BCUT2D eigenvalue weighted by atomic mass is 35.5. The molecule has 4 rings (SSSR count). The predicted molar refractivity (Wildman–Crippen MR) is 111 cm³/mol. The molecule has 4 heteroatoms. The molecule has 26 heavy (non-hydrogen) atoms.